The molecule has 0 aromatic rings. The second-order valence-corrected chi connectivity index (χ2v) is 4.52. The molecule has 2 N–H and O–H groups in total. The Morgan fingerprint density at radius 1 is 1.50 bits per heavy atom. The maximum Gasteiger partial charge on any atom is 0.0130 e. The first kappa shape index (κ1) is 6.66. The molecular weight excluding hydrogens is 122 g/mol. The van der Waals surface area contributed by atoms with Crippen LogP contribution >= 0.6 is 0 Å². The van der Waals surface area contributed by atoms with Crippen molar-refractivity contribution < 1.29 is 0 Å². The molecule has 0 radical (unpaired) electrons. The lowest BCUT2D eigenvalue weighted by atomic mass is 9.84. The van der Waals surface area contributed by atoms with Gasteiger partial charge in [-0.25, -0.2) is 0 Å². The fraction of sp³-hybridized carbons (Fsp3) is 1.00. The van der Waals surface area contributed by atoms with Crippen molar-refractivity contribution in [3.63, 3.8) is 0 Å². The lowest BCUT2D eigenvalue weighted by Crippen LogP contribution is -2.12. The molecule has 4 atom stereocenters. The predicted molar refractivity (Wildman–Crippen MR) is 42.6 cm³/mol. The fourth-order valence-corrected chi connectivity index (χ4v) is 2.58. The monoisotopic (exact) mass is 139 g/mol. The van der Waals surface area contributed by atoms with Gasteiger partial charge in [-0.05, 0) is 30.1 Å². The van der Waals surface area contributed by atoms with E-state index in [0.29, 0.717) is 11.5 Å². The lowest BCUT2D eigenvalue weighted by Gasteiger charge is -2.21. The lowest BCUT2D eigenvalue weighted by molar-refractivity contribution is 0.294. The van der Waals surface area contributed by atoms with Gasteiger partial charge in [0.2, 0.25) is 0 Å². The van der Waals surface area contributed by atoms with Gasteiger partial charge in [0, 0.05) is 6.04 Å². The zero-order valence-corrected chi connectivity index (χ0v) is 6.93. The third kappa shape index (κ3) is 0.672. The number of fused-ring (bicyclic) bond motifs is 1. The SMILES string of the molecule is CC1CCC2(C)C(N)C2C1. The van der Waals surface area contributed by atoms with Gasteiger partial charge in [-0.15, -0.1) is 0 Å². The quantitative estimate of drug-likeness (QED) is 0.544. The van der Waals surface area contributed by atoms with Crippen LogP contribution in [0.15, 0.2) is 0 Å². The highest BCUT2D eigenvalue weighted by Gasteiger charge is 2.60. The van der Waals surface area contributed by atoms with E-state index in [1.807, 2.05) is 0 Å². The summed E-state index contributed by atoms with van der Waals surface area (Å²) in [6.07, 6.45) is 4.17. The van der Waals surface area contributed by atoms with Crippen LogP contribution in [0.25, 0.3) is 0 Å². The zero-order chi connectivity index (χ0) is 7.35. The number of hydrogen-bond acceptors (Lipinski definition) is 1. The summed E-state index contributed by atoms with van der Waals surface area (Å²) in [7, 11) is 0. The van der Waals surface area contributed by atoms with Crippen molar-refractivity contribution in [2.75, 3.05) is 0 Å². The summed E-state index contributed by atoms with van der Waals surface area (Å²) in [6.45, 7) is 4.71. The normalized spacial score (nSPS) is 59.7. The number of nitrogens with two attached hydrogens (primary N) is 1. The van der Waals surface area contributed by atoms with Gasteiger partial charge in [-0.3, -0.25) is 0 Å². The first-order valence-electron chi connectivity index (χ1n) is 4.40. The largest absolute Gasteiger partial charge is 0.327 e. The molecule has 0 spiro atoms. The molecule has 0 aliphatic heterocycles. The average Bonchev–Trinajstić information content (AvgIpc) is 2.40. The zero-order valence-electron chi connectivity index (χ0n) is 6.93. The van der Waals surface area contributed by atoms with Crippen molar-refractivity contribution in [2.45, 2.75) is 39.2 Å². The van der Waals surface area contributed by atoms with Crippen molar-refractivity contribution in [3.8, 4) is 0 Å². The molecule has 2 rings (SSSR count). The summed E-state index contributed by atoms with van der Waals surface area (Å²) in [6, 6.07) is 0.539. The van der Waals surface area contributed by atoms with Crippen molar-refractivity contribution in [1.29, 1.82) is 0 Å². The van der Waals surface area contributed by atoms with Crippen molar-refractivity contribution >= 4 is 0 Å². The molecular formula is C9H17N. The van der Waals surface area contributed by atoms with Crippen LogP contribution in [0.4, 0.5) is 0 Å². The van der Waals surface area contributed by atoms with E-state index in [2.05, 4.69) is 13.8 Å². The summed E-state index contributed by atoms with van der Waals surface area (Å²) in [5.74, 6) is 1.81. The molecule has 0 amide bonds. The van der Waals surface area contributed by atoms with E-state index >= 15 is 0 Å². The molecule has 1 nitrogen and oxygen atoms in total. The first-order chi connectivity index (χ1) is 4.64. The van der Waals surface area contributed by atoms with Crippen LogP contribution in [-0.2, 0) is 0 Å². The number of rotatable bonds is 0. The Kier molecular flexibility index (Phi) is 1.17. The van der Waals surface area contributed by atoms with Crippen LogP contribution in [0.3, 0.4) is 0 Å². The molecule has 0 heterocycles. The molecule has 0 saturated heterocycles. The Morgan fingerprint density at radius 2 is 2.20 bits per heavy atom. The minimum atomic E-state index is 0.539. The molecule has 0 aromatic carbocycles. The molecule has 0 aromatic heterocycles. The van der Waals surface area contributed by atoms with E-state index in [-0.39, 0.29) is 0 Å². The summed E-state index contributed by atoms with van der Waals surface area (Å²) >= 11 is 0. The second-order valence-electron chi connectivity index (χ2n) is 4.52. The van der Waals surface area contributed by atoms with Crippen molar-refractivity contribution in [2.24, 2.45) is 23.0 Å². The highest BCUT2D eigenvalue weighted by molar-refractivity contribution is 5.13. The molecule has 2 aliphatic carbocycles. The molecule has 58 valence electrons. The van der Waals surface area contributed by atoms with Gasteiger partial charge in [0.25, 0.3) is 0 Å². The minimum absolute atomic E-state index is 0.539. The van der Waals surface area contributed by atoms with E-state index in [0.717, 1.165) is 11.8 Å². The molecule has 2 aliphatic rings. The van der Waals surface area contributed by atoms with Gasteiger partial charge >= 0.3 is 0 Å². The van der Waals surface area contributed by atoms with Gasteiger partial charge in [-0.1, -0.05) is 20.3 Å². The van der Waals surface area contributed by atoms with Gasteiger partial charge in [0.1, 0.15) is 0 Å². The maximum atomic E-state index is 5.97. The van der Waals surface area contributed by atoms with E-state index in [9.17, 15) is 0 Å². The van der Waals surface area contributed by atoms with E-state index in [1.54, 1.807) is 0 Å². The molecule has 0 bridgehead atoms. The molecule has 1 heteroatoms. The summed E-state index contributed by atoms with van der Waals surface area (Å²) in [4.78, 5) is 0. The van der Waals surface area contributed by atoms with Gasteiger partial charge in [0.05, 0.1) is 0 Å². The van der Waals surface area contributed by atoms with Crippen molar-refractivity contribution in [3.05, 3.63) is 0 Å². The van der Waals surface area contributed by atoms with Crippen LogP contribution in [0.1, 0.15) is 33.1 Å². The molecule has 10 heavy (non-hydrogen) atoms. The summed E-state index contributed by atoms with van der Waals surface area (Å²) in [5.41, 5.74) is 6.53. The maximum absolute atomic E-state index is 5.97. The average molecular weight is 139 g/mol. The Balaban J connectivity index is 2.06. The van der Waals surface area contributed by atoms with Crippen molar-refractivity contribution in [1.82, 2.24) is 0 Å². The Hall–Kier alpha value is -0.0400. The summed E-state index contributed by atoms with van der Waals surface area (Å²) < 4.78 is 0. The van der Waals surface area contributed by atoms with Gasteiger partial charge in [0.15, 0.2) is 0 Å². The number of hydrogen-bond donors (Lipinski definition) is 1. The first-order valence-corrected chi connectivity index (χ1v) is 4.40. The molecule has 2 saturated carbocycles. The Morgan fingerprint density at radius 3 is 2.70 bits per heavy atom. The van der Waals surface area contributed by atoms with E-state index in [4.69, 9.17) is 5.73 Å². The van der Waals surface area contributed by atoms with Gasteiger partial charge in [-0.2, -0.15) is 0 Å². The second kappa shape index (κ2) is 1.76. The highest BCUT2D eigenvalue weighted by atomic mass is 14.9. The molecule has 2 fully saturated rings. The Bertz CT molecular complexity index is 155. The van der Waals surface area contributed by atoms with Gasteiger partial charge < -0.3 is 5.73 Å². The molecule has 4 unspecified atom stereocenters. The van der Waals surface area contributed by atoms with Crippen LogP contribution in [0, 0.1) is 17.3 Å². The van der Waals surface area contributed by atoms with Crippen LogP contribution in [-0.4, -0.2) is 6.04 Å². The smallest absolute Gasteiger partial charge is 0.0130 e. The highest BCUT2D eigenvalue weighted by Crippen LogP contribution is 2.60. The van der Waals surface area contributed by atoms with E-state index in [1.165, 1.54) is 19.3 Å². The van der Waals surface area contributed by atoms with Crippen LogP contribution in [0.5, 0.6) is 0 Å². The van der Waals surface area contributed by atoms with E-state index < -0.39 is 0 Å². The third-order valence-corrected chi connectivity index (χ3v) is 3.77. The fourth-order valence-electron chi connectivity index (χ4n) is 2.58. The predicted octanol–water partition coefficient (Wildman–Crippen LogP) is 1.77. The topological polar surface area (TPSA) is 26.0 Å². The summed E-state index contributed by atoms with van der Waals surface area (Å²) in [5, 5.41) is 0. The van der Waals surface area contributed by atoms with Crippen LogP contribution < -0.4 is 5.73 Å². The standard InChI is InChI=1S/C9H17N/c1-6-3-4-9(2)7(5-6)8(9)10/h6-8H,3-5,10H2,1-2H3. The van der Waals surface area contributed by atoms with Crippen LogP contribution in [0.2, 0.25) is 0 Å². The third-order valence-electron chi connectivity index (χ3n) is 3.77. The Labute approximate surface area is 63.0 Å². The minimum Gasteiger partial charge on any atom is -0.327 e.